The van der Waals surface area contributed by atoms with Crippen LogP contribution in [0.1, 0.15) is 39.5 Å². The molecule has 0 bridgehead atoms. The molecule has 0 saturated carbocycles. The van der Waals surface area contributed by atoms with Gasteiger partial charge in [0.05, 0.1) is 0 Å². The summed E-state index contributed by atoms with van der Waals surface area (Å²) in [6.07, 6.45) is 2.50. The van der Waals surface area contributed by atoms with Gasteiger partial charge in [0.25, 0.3) is 0 Å². The molecule has 0 heterocycles. The summed E-state index contributed by atoms with van der Waals surface area (Å²) in [7, 11) is 0. The highest BCUT2D eigenvalue weighted by atomic mass is 16.5. The third-order valence-electron chi connectivity index (χ3n) is 2.30. The first-order chi connectivity index (χ1) is 8.65. The Morgan fingerprint density at radius 1 is 1.06 bits per heavy atom. The smallest absolute Gasteiger partial charge is 0.311 e. The molecular weight excluding hydrogens is 230 g/mol. The molecule has 0 unspecified atom stereocenters. The quantitative estimate of drug-likeness (QED) is 0.622. The Morgan fingerprint density at radius 2 is 1.67 bits per heavy atom. The zero-order valence-electron chi connectivity index (χ0n) is 10.9. The van der Waals surface area contributed by atoms with E-state index in [9.17, 15) is 9.59 Å². The lowest BCUT2D eigenvalue weighted by atomic mass is 10.2. The second kappa shape index (κ2) is 7.48. The minimum Gasteiger partial charge on any atom is -0.427 e. The lowest BCUT2D eigenvalue weighted by molar-refractivity contribution is -0.134. The summed E-state index contributed by atoms with van der Waals surface area (Å²) < 4.78 is 5.11. The van der Waals surface area contributed by atoms with Crippen molar-refractivity contribution < 1.29 is 14.3 Å². The average Bonchev–Trinajstić information content (AvgIpc) is 2.32. The second-order valence-electron chi connectivity index (χ2n) is 4.05. The SMILES string of the molecule is CCCC(=O)Nc1ccc(OC(=O)CCC)cc1. The summed E-state index contributed by atoms with van der Waals surface area (Å²) in [6.45, 7) is 3.88. The van der Waals surface area contributed by atoms with Crippen molar-refractivity contribution in [1.29, 1.82) is 0 Å². The molecule has 0 fully saturated rings. The van der Waals surface area contributed by atoms with Crippen molar-refractivity contribution in [3.63, 3.8) is 0 Å². The number of ether oxygens (including phenoxy) is 1. The number of esters is 1. The minimum absolute atomic E-state index is 0.00627. The van der Waals surface area contributed by atoms with Crippen molar-refractivity contribution in [1.82, 2.24) is 0 Å². The fourth-order valence-electron chi connectivity index (χ4n) is 1.44. The van der Waals surface area contributed by atoms with Gasteiger partial charge in [0.2, 0.25) is 5.91 Å². The van der Waals surface area contributed by atoms with Crippen molar-refractivity contribution in [3.8, 4) is 5.75 Å². The van der Waals surface area contributed by atoms with Crippen LogP contribution in [0.3, 0.4) is 0 Å². The Hall–Kier alpha value is -1.84. The molecule has 1 rings (SSSR count). The van der Waals surface area contributed by atoms with Crippen LogP contribution in [-0.2, 0) is 9.59 Å². The number of amides is 1. The van der Waals surface area contributed by atoms with Crippen LogP contribution in [0.15, 0.2) is 24.3 Å². The molecule has 0 aliphatic carbocycles. The molecule has 1 aromatic rings. The van der Waals surface area contributed by atoms with Gasteiger partial charge in [0.15, 0.2) is 0 Å². The number of carbonyl (C=O) groups is 2. The van der Waals surface area contributed by atoms with Gasteiger partial charge < -0.3 is 10.1 Å². The number of hydrogen-bond donors (Lipinski definition) is 1. The minimum atomic E-state index is -0.236. The Labute approximate surface area is 107 Å². The Morgan fingerprint density at radius 3 is 2.22 bits per heavy atom. The van der Waals surface area contributed by atoms with Crippen molar-refractivity contribution in [2.75, 3.05) is 5.32 Å². The van der Waals surface area contributed by atoms with E-state index in [0.717, 1.165) is 12.8 Å². The summed E-state index contributed by atoms with van der Waals surface area (Å²) in [5.41, 5.74) is 0.712. The van der Waals surface area contributed by atoms with Crippen LogP contribution < -0.4 is 10.1 Å². The molecule has 18 heavy (non-hydrogen) atoms. The summed E-state index contributed by atoms with van der Waals surface area (Å²) in [5, 5.41) is 2.77. The van der Waals surface area contributed by atoms with E-state index in [0.29, 0.717) is 24.3 Å². The molecule has 0 saturated heterocycles. The molecule has 1 amide bonds. The van der Waals surface area contributed by atoms with E-state index in [1.165, 1.54) is 0 Å². The first-order valence-corrected chi connectivity index (χ1v) is 6.26. The van der Waals surface area contributed by atoms with Crippen LogP contribution >= 0.6 is 0 Å². The van der Waals surface area contributed by atoms with Gasteiger partial charge in [0, 0.05) is 18.5 Å². The maximum absolute atomic E-state index is 11.4. The highest BCUT2D eigenvalue weighted by Gasteiger charge is 2.04. The molecule has 1 aromatic carbocycles. The normalized spacial score (nSPS) is 9.89. The van der Waals surface area contributed by atoms with Crippen LogP contribution in [-0.4, -0.2) is 11.9 Å². The van der Waals surface area contributed by atoms with E-state index in [1.54, 1.807) is 24.3 Å². The molecule has 0 radical (unpaired) electrons. The first-order valence-electron chi connectivity index (χ1n) is 6.26. The molecule has 98 valence electrons. The van der Waals surface area contributed by atoms with Crippen LogP contribution in [0.25, 0.3) is 0 Å². The molecule has 4 nitrogen and oxygen atoms in total. The van der Waals surface area contributed by atoms with Crippen LogP contribution in [0.4, 0.5) is 5.69 Å². The summed E-state index contributed by atoms with van der Waals surface area (Å²) >= 11 is 0. The summed E-state index contributed by atoms with van der Waals surface area (Å²) in [6, 6.07) is 6.80. The molecule has 0 aromatic heterocycles. The lowest BCUT2D eigenvalue weighted by Crippen LogP contribution is -2.10. The Bertz CT molecular complexity index is 359. The van der Waals surface area contributed by atoms with Gasteiger partial charge in [-0.05, 0) is 37.1 Å². The standard InChI is InChI=1S/C14H19NO3/c1-3-5-13(16)15-11-7-9-12(10-8-11)18-14(17)6-4-2/h7-10H,3-6H2,1-2H3,(H,15,16). The maximum atomic E-state index is 11.4. The average molecular weight is 249 g/mol. The molecule has 0 aliphatic rings. The van der Waals surface area contributed by atoms with E-state index in [2.05, 4.69) is 5.32 Å². The summed E-state index contributed by atoms with van der Waals surface area (Å²) in [5.74, 6) is 0.260. The maximum Gasteiger partial charge on any atom is 0.311 e. The van der Waals surface area contributed by atoms with Gasteiger partial charge >= 0.3 is 5.97 Å². The van der Waals surface area contributed by atoms with Gasteiger partial charge in [-0.1, -0.05) is 13.8 Å². The van der Waals surface area contributed by atoms with Gasteiger partial charge in [-0.25, -0.2) is 0 Å². The summed E-state index contributed by atoms with van der Waals surface area (Å²) in [4.78, 5) is 22.6. The monoisotopic (exact) mass is 249 g/mol. The van der Waals surface area contributed by atoms with Crippen molar-refractivity contribution >= 4 is 17.6 Å². The van der Waals surface area contributed by atoms with Gasteiger partial charge in [-0.15, -0.1) is 0 Å². The van der Waals surface area contributed by atoms with Crippen molar-refractivity contribution in [2.45, 2.75) is 39.5 Å². The molecule has 1 N–H and O–H groups in total. The van der Waals surface area contributed by atoms with E-state index in [-0.39, 0.29) is 11.9 Å². The van der Waals surface area contributed by atoms with Crippen molar-refractivity contribution in [3.05, 3.63) is 24.3 Å². The van der Waals surface area contributed by atoms with Gasteiger partial charge in [-0.3, -0.25) is 9.59 Å². The molecule has 0 aliphatic heterocycles. The third-order valence-corrected chi connectivity index (χ3v) is 2.30. The first kappa shape index (κ1) is 14.2. The zero-order valence-corrected chi connectivity index (χ0v) is 10.9. The Kier molecular flexibility index (Phi) is 5.91. The molecular formula is C14H19NO3. The number of carbonyl (C=O) groups excluding carboxylic acids is 2. The van der Waals surface area contributed by atoms with Gasteiger partial charge in [-0.2, -0.15) is 0 Å². The lowest BCUT2D eigenvalue weighted by Gasteiger charge is -2.06. The number of rotatable bonds is 6. The topological polar surface area (TPSA) is 55.4 Å². The van der Waals surface area contributed by atoms with Crippen LogP contribution in [0, 0.1) is 0 Å². The van der Waals surface area contributed by atoms with E-state index < -0.39 is 0 Å². The molecule has 0 atom stereocenters. The van der Waals surface area contributed by atoms with Crippen LogP contribution in [0.2, 0.25) is 0 Å². The zero-order chi connectivity index (χ0) is 13.4. The van der Waals surface area contributed by atoms with E-state index in [4.69, 9.17) is 4.74 Å². The number of benzene rings is 1. The third kappa shape index (κ3) is 4.99. The number of nitrogens with one attached hydrogen (secondary N) is 1. The number of anilines is 1. The fourth-order valence-corrected chi connectivity index (χ4v) is 1.44. The van der Waals surface area contributed by atoms with Crippen molar-refractivity contribution in [2.24, 2.45) is 0 Å². The second-order valence-corrected chi connectivity index (χ2v) is 4.05. The molecule has 0 spiro atoms. The number of hydrogen-bond acceptors (Lipinski definition) is 3. The Balaban J connectivity index is 2.52. The van der Waals surface area contributed by atoms with E-state index in [1.807, 2.05) is 13.8 Å². The highest BCUT2D eigenvalue weighted by molar-refractivity contribution is 5.90. The highest BCUT2D eigenvalue weighted by Crippen LogP contribution is 2.16. The largest absolute Gasteiger partial charge is 0.427 e. The molecule has 4 heteroatoms. The van der Waals surface area contributed by atoms with Crippen LogP contribution in [0.5, 0.6) is 5.75 Å². The van der Waals surface area contributed by atoms with E-state index >= 15 is 0 Å². The van der Waals surface area contributed by atoms with Gasteiger partial charge in [0.1, 0.15) is 5.75 Å². The predicted molar refractivity (Wildman–Crippen MR) is 70.5 cm³/mol. The predicted octanol–water partition coefficient (Wildman–Crippen LogP) is 3.13. The fraction of sp³-hybridized carbons (Fsp3) is 0.429.